The van der Waals surface area contributed by atoms with Crippen molar-refractivity contribution < 1.29 is 9.59 Å². The van der Waals surface area contributed by atoms with Crippen LogP contribution in [0.1, 0.15) is 45.1 Å². The van der Waals surface area contributed by atoms with Crippen LogP contribution in [-0.4, -0.2) is 17.9 Å². The molecule has 4 N–H and O–H groups in total. The Morgan fingerprint density at radius 3 is 2.42 bits per heavy atom. The van der Waals surface area contributed by atoms with E-state index in [0.29, 0.717) is 18.9 Å². The molecule has 1 saturated carbocycles. The van der Waals surface area contributed by atoms with Crippen LogP contribution in [0.3, 0.4) is 0 Å². The number of carbonyl (C=O) groups is 2. The van der Waals surface area contributed by atoms with Crippen molar-refractivity contribution in [3.8, 4) is 0 Å². The van der Waals surface area contributed by atoms with Gasteiger partial charge in [-0.05, 0) is 36.5 Å². The van der Waals surface area contributed by atoms with Gasteiger partial charge in [-0.1, -0.05) is 32.4 Å². The molecular formula is C18H28ClN3O2. The van der Waals surface area contributed by atoms with E-state index in [1.165, 1.54) is 0 Å². The molecule has 134 valence electrons. The van der Waals surface area contributed by atoms with Gasteiger partial charge in [0, 0.05) is 30.6 Å². The largest absolute Gasteiger partial charge is 0.352 e. The number of carbonyl (C=O) groups excluding carboxylic acids is 2. The van der Waals surface area contributed by atoms with Crippen LogP contribution in [0.25, 0.3) is 0 Å². The zero-order valence-corrected chi connectivity index (χ0v) is 15.2. The van der Waals surface area contributed by atoms with Crippen molar-refractivity contribution in [2.45, 2.75) is 52.1 Å². The average molecular weight is 354 g/mol. The molecule has 5 nitrogen and oxygen atoms in total. The normalized spacial score (nSPS) is 19.7. The fourth-order valence-corrected chi connectivity index (χ4v) is 2.82. The van der Waals surface area contributed by atoms with Gasteiger partial charge in [0.1, 0.15) is 0 Å². The topological polar surface area (TPSA) is 84.2 Å². The fourth-order valence-electron chi connectivity index (χ4n) is 2.82. The zero-order chi connectivity index (χ0) is 16.8. The SMILES string of the molecule is CC(C)C(=O)Nc1ccc(CNC(=O)C[C@@H]2CCC[C@H]2N)cc1.Cl. The average Bonchev–Trinajstić information content (AvgIpc) is 2.91. The van der Waals surface area contributed by atoms with Gasteiger partial charge in [0.05, 0.1) is 0 Å². The van der Waals surface area contributed by atoms with Gasteiger partial charge in [-0.25, -0.2) is 0 Å². The maximum Gasteiger partial charge on any atom is 0.226 e. The van der Waals surface area contributed by atoms with Gasteiger partial charge >= 0.3 is 0 Å². The van der Waals surface area contributed by atoms with E-state index in [1.54, 1.807) is 0 Å². The van der Waals surface area contributed by atoms with Crippen molar-refractivity contribution in [3.05, 3.63) is 29.8 Å². The summed E-state index contributed by atoms with van der Waals surface area (Å²) in [5.74, 6) is 0.336. The Labute approximate surface area is 150 Å². The molecule has 24 heavy (non-hydrogen) atoms. The lowest BCUT2D eigenvalue weighted by molar-refractivity contribution is -0.122. The third-order valence-corrected chi connectivity index (χ3v) is 4.40. The molecular weight excluding hydrogens is 326 g/mol. The smallest absolute Gasteiger partial charge is 0.226 e. The molecule has 0 aromatic heterocycles. The van der Waals surface area contributed by atoms with Crippen LogP contribution >= 0.6 is 12.4 Å². The highest BCUT2D eigenvalue weighted by Crippen LogP contribution is 2.26. The third kappa shape index (κ3) is 6.13. The Balaban J connectivity index is 0.00000288. The van der Waals surface area contributed by atoms with Gasteiger partial charge < -0.3 is 16.4 Å². The Morgan fingerprint density at radius 1 is 1.21 bits per heavy atom. The van der Waals surface area contributed by atoms with Crippen LogP contribution in [0.5, 0.6) is 0 Å². The molecule has 0 spiro atoms. The highest BCUT2D eigenvalue weighted by molar-refractivity contribution is 5.92. The van der Waals surface area contributed by atoms with Gasteiger partial charge in [0.25, 0.3) is 0 Å². The van der Waals surface area contributed by atoms with E-state index in [2.05, 4.69) is 10.6 Å². The van der Waals surface area contributed by atoms with Crippen molar-refractivity contribution in [1.82, 2.24) is 5.32 Å². The number of hydrogen-bond acceptors (Lipinski definition) is 3. The monoisotopic (exact) mass is 353 g/mol. The summed E-state index contributed by atoms with van der Waals surface area (Å²) in [5, 5.41) is 5.79. The third-order valence-electron chi connectivity index (χ3n) is 4.40. The summed E-state index contributed by atoms with van der Waals surface area (Å²) in [6, 6.07) is 7.71. The predicted octanol–water partition coefficient (Wildman–Crippen LogP) is 2.84. The molecule has 1 aliphatic rings. The maximum atomic E-state index is 12.0. The molecule has 1 aromatic rings. The van der Waals surface area contributed by atoms with Gasteiger partial charge in [-0.2, -0.15) is 0 Å². The van der Waals surface area contributed by atoms with Crippen LogP contribution in [-0.2, 0) is 16.1 Å². The maximum absolute atomic E-state index is 12.0. The summed E-state index contributed by atoms with van der Waals surface area (Å²) in [7, 11) is 0. The van der Waals surface area contributed by atoms with Crippen LogP contribution in [0.2, 0.25) is 0 Å². The molecule has 0 bridgehead atoms. The molecule has 0 heterocycles. The first-order valence-corrected chi connectivity index (χ1v) is 8.38. The highest BCUT2D eigenvalue weighted by atomic mass is 35.5. The second-order valence-electron chi connectivity index (χ2n) is 6.68. The van der Waals surface area contributed by atoms with Gasteiger partial charge in [0.15, 0.2) is 0 Å². The summed E-state index contributed by atoms with van der Waals surface area (Å²) in [6.45, 7) is 4.21. The number of anilines is 1. The van der Waals surface area contributed by atoms with E-state index >= 15 is 0 Å². The molecule has 0 unspecified atom stereocenters. The number of halogens is 1. The van der Waals surface area contributed by atoms with Crippen molar-refractivity contribution >= 4 is 29.9 Å². The van der Waals surface area contributed by atoms with Crippen molar-refractivity contribution in [2.24, 2.45) is 17.6 Å². The molecule has 2 atom stereocenters. The Kier molecular flexibility index (Phi) is 8.22. The van der Waals surface area contributed by atoms with Crippen LogP contribution in [0, 0.1) is 11.8 Å². The van der Waals surface area contributed by atoms with Crippen LogP contribution < -0.4 is 16.4 Å². The molecule has 1 aliphatic carbocycles. The Bertz CT molecular complexity index is 546. The summed E-state index contributed by atoms with van der Waals surface area (Å²) >= 11 is 0. The zero-order valence-electron chi connectivity index (χ0n) is 14.4. The number of nitrogens with two attached hydrogens (primary N) is 1. The molecule has 0 aliphatic heterocycles. The van der Waals surface area contributed by atoms with Crippen LogP contribution in [0.15, 0.2) is 24.3 Å². The summed E-state index contributed by atoms with van der Waals surface area (Å²) in [4.78, 5) is 23.6. The number of rotatable bonds is 6. The van der Waals surface area contributed by atoms with Gasteiger partial charge in [-0.3, -0.25) is 9.59 Å². The van der Waals surface area contributed by atoms with E-state index in [1.807, 2.05) is 38.1 Å². The predicted molar refractivity (Wildman–Crippen MR) is 98.9 cm³/mol. The van der Waals surface area contributed by atoms with Crippen molar-refractivity contribution in [1.29, 1.82) is 0 Å². The quantitative estimate of drug-likeness (QED) is 0.735. The van der Waals surface area contributed by atoms with Crippen molar-refractivity contribution in [3.63, 3.8) is 0 Å². The molecule has 0 radical (unpaired) electrons. The number of amides is 2. The minimum absolute atomic E-state index is 0. The Morgan fingerprint density at radius 2 is 1.88 bits per heavy atom. The van der Waals surface area contributed by atoms with Gasteiger partial charge in [-0.15, -0.1) is 12.4 Å². The fraction of sp³-hybridized carbons (Fsp3) is 0.556. The first kappa shape index (κ1) is 20.5. The molecule has 2 rings (SSSR count). The first-order valence-electron chi connectivity index (χ1n) is 8.38. The second-order valence-corrected chi connectivity index (χ2v) is 6.68. The van der Waals surface area contributed by atoms with Gasteiger partial charge in [0.2, 0.25) is 11.8 Å². The van der Waals surface area contributed by atoms with E-state index in [9.17, 15) is 9.59 Å². The summed E-state index contributed by atoms with van der Waals surface area (Å²) < 4.78 is 0. The van der Waals surface area contributed by atoms with E-state index < -0.39 is 0 Å². The molecule has 6 heteroatoms. The Hall–Kier alpha value is -1.59. The summed E-state index contributed by atoms with van der Waals surface area (Å²) in [5.41, 5.74) is 7.78. The lowest BCUT2D eigenvalue weighted by atomic mass is 10.00. The number of hydrogen-bond donors (Lipinski definition) is 3. The van der Waals surface area contributed by atoms with E-state index in [4.69, 9.17) is 5.73 Å². The number of benzene rings is 1. The minimum Gasteiger partial charge on any atom is -0.352 e. The molecule has 1 fully saturated rings. The molecule has 1 aromatic carbocycles. The van der Waals surface area contributed by atoms with Crippen LogP contribution in [0.4, 0.5) is 5.69 Å². The van der Waals surface area contributed by atoms with E-state index in [0.717, 1.165) is 30.5 Å². The lowest BCUT2D eigenvalue weighted by Gasteiger charge is -2.15. The standard InChI is InChI=1S/C18H27N3O2.ClH/c1-12(2)18(23)21-15-8-6-13(7-9-15)11-20-17(22)10-14-4-3-5-16(14)19;/h6-9,12,14,16H,3-5,10-11,19H2,1-2H3,(H,20,22)(H,21,23);1H/t14-,16+;/m0./s1. The first-order chi connectivity index (χ1) is 11.0. The highest BCUT2D eigenvalue weighted by Gasteiger charge is 2.25. The minimum atomic E-state index is -0.0454. The van der Waals surface area contributed by atoms with E-state index in [-0.39, 0.29) is 36.2 Å². The number of nitrogens with one attached hydrogen (secondary N) is 2. The summed E-state index contributed by atoms with van der Waals surface area (Å²) in [6.07, 6.45) is 3.73. The molecule has 2 amide bonds. The second kappa shape index (κ2) is 9.64. The molecule has 0 saturated heterocycles. The lowest BCUT2D eigenvalue weighted by Crippen LogP contribution is -2.31. The van der Waals surface area contributed by atoms with Crippen molar-refractivity contribution in [2.75, 3.05) is 5.32 Å².